The molecule has 1 fully saturated rings. The van der Waals surface area contributed by atoms with Crippen LogP contribution >= 0.6 is 22.9 Å². The number of nitrogens with zero attached hydrogens (tertiary/aromatic N) is 3. The van der Waals surface area contributed by atoms with Crippen LogP contribution in [0, 0.1) is 0 Å². The fourth-order valence-electron chi connectivity index (χ4n) is 2.90. The number of carbonyl (C=O) groups excluding carboxylic acids is 1. The first-order chi connectivity index (χ1) is 11.7. The monoisotopic (exact) mass is 363 g/mol. The summed E-state index contributed by atoms with van der Waals surface area (Å²) in [5.41, 5.74) is 0.987. The minimum absolute atomic E-state index is 0.0211. The number of thiophene rings is 1. The molecular weight excluding hydrogens is 350 g/mol. The maximum absolute atomic E-state index is 12.9. The summed E-state index contributed by atoms with van der Waals surface area (Å²) in [4.78, 5) is 18.7. The number of benzene rings is 1. The van der Waals surface area contributed by atoms with Gasteiger partial charge in [0.15, 0.2) is 5.82 Å². The molecule has 3 heterocycles. The van der Waals surface area contributed by atoms with E-state index in [-0.39, 0.29) is 11.9 Å². The van der Waals surface area contributed by atoms with E-state index in [0.29, 0.717) is 37.0 Å². The van der Waals surface area contributed by atoms with Crippen molar-refractivity contribution in [3.63, 3.8) is 0 Å². The van der Waals surface area contributed by atoms with E-state index in [2.05, 4.69) is 10.1 Å². The fourth-order valence-corrected chi connectivity index (χ4v) is 4.01. The van der Waals surface area contributed by atoms with Gasteiger partial charge in [0.2, 0.25) is 12.3 Å². The van der Waals surface area contributed by atoms with Crippen LogP contribution in [0.25, 0.3) is 10.1 Å². The summed E-state index contributed by atoms with van der Waals surface area (Å²) in [5, 5.41) is 7.58. The van der Waals surface area contributed by atoms with E-state index >= 15 is 0 Å². The predicted octanol–water partition coefficient (Wildman–Crippen LogP) is 3.08. The largest absolute Gasteiger partial charge is 0.377 e. The van der Waals surface area contributed by atoms with Crippen molar-refractivity contribution in [2.45, 2.75) is 12.5 Å². The number of amides is 1. The van der Waals surface area contributed by atoms with Crippen LogP contribution in [0.5, 0.6) is 0 Å². The summed E-state index contributed by atoms with van der Waals surface area (Å²) < 4.78 is 11.4. The highest BCUT2D eigenvalue weighted by Gasteiger charge is 2.31. The summed E-state index contributed by atoms with van der Waals surface area (Å²) in [5.74, 6) is 0.494. The number of hydrogen-bond donors (Lipinski definition) is 0. The second-order valence-corrected chi connectivity index (χ2v) is 6.89. The molecule has 1 amide bonds. The van der Waals surface area contributed by atoms with E-state index in [1.165, 1.54) is 6.39 Å². The van der Waals surface area contributed by atoms with E-state index in [4.69, 9.17) is 20.9 Å². The van der Waals surface area contributed by atoms with Gasteiger partial charge in [-0.2, -0.15) is 4.98 Å². The zero-order valence-electron chi connectivity index (χ0n) is 12.6. The van der Waals surface area contributed by atoms with Crippen LogP contribution in [0.3, 0.4) is 0 Å². The van der Waals surface area contributed by atoms with Crippen molar-refractivity contribution in [3.05, 3.63) is 46.4 Å². The van der Waals surface area contributed by atoms with Crippen molar-refractivity contribution >= 4 is 38.9 Å². The number of hydrogen-bond acceptors (Lipinski definition) is 6. The van der Waals surface area contributed by atoms with Crippen LogP contribution in [0.2, 0.25) is 5.02 Å². The molecule has 1 aliphatic rings. The van der Waals surface area contributed by atoms with Gasteiger partial charge in [-0.3, -0.25) is 4.79 Å². The van der Waals surface area contributed by atoms with E-state index in [0.717, 1.165) is 15.6 Å². The van der Waals surface area contributed by atoms with E-state index in [1.54, 1.807) is 16.2 Å². The summed E-state index contributed by atoms with van der Waals surface area (Å²) >= 11 is 7.71. The molecule has 0 N–H and O–H groups in total. The van der Waals surface area contributed by atoms with Crippen LogP contribution in [0.15, 0.2) is 34.5 Å². The zero-order valence-corrected chi connectivity index (χ0v) is 14.2. The second kappa shape index (κ2) is 6.51. The van der Waals surface area contributed by atoms with E-state index < -0.39 is 0 Å². The lowest BCUT2D eigenvalue weighted by Crippen LogP contribution is -2.44. The Hall–Kier alpha value is -1.96. The molecule has 24 heavy (non-hydrogen) atoms. The zero-order chi connectivity index (χ0) is 16.5. The number of ether oxygens (including phenoxy) is 1. The first-order valence-corrected chi connectivity index (χ1v) is 8.77. The molecule has 0 bridgehead atoms. The van der Waals surface area contributed by atoms with Gasteiger partial charge >= 0.3 is 0 Å². The van der Waals surface area contributed by atoms with Gasteiger partial charge < -0.3 is 14.2 Å². The average molecular weight is 364 g/mol. The molecule has 1 saturated heterocycles. The number of aromatic nitrogens is 2. The Kier molecular flexibility index (Phi) is 4.22. The van der Waals surface area contributed by atoms with E-state index in [1.807, 2.05) is 23.6 Å². The third-order valence-electron chi connectivity index (χ3n) is 4.08. The first-order valence-electron chi connectivity index (χ1n) is 7.51. The van der Waals surface area contributed by atoms with Gasteiger partial charge in [0, 0.05) is 16.3 Å². The summed E-state index contributed by atoms with van der Waals surface area (Å²) in [7, 11) is 0. The summed E-state index contributed by atoms with van der Waals surface area (Å²) in [6, 6.07) is 5.44. The van der Waals surface area contributed by atoms with Gasteiger partial charge in [-0.25, -0.2) is 0 Å². The molecule has 1 aromatic carbocycles. The highest BCUT2D eigenvalue weighted by molar-refractivity contribution is 7.17. The van der Waals surface area contributed by atoms with Crippen molar-refractivity contribution in [2.75, 3.05) is 19.8 Å². The average Bonchev–Trinajstić information content (AvgIpc) is 3.25. The molecule has 1 aliphatic heterocycles. The third kappa shape index (κ3) is 2.90. The molecule has 4 rings (SSSR count). The number of carbonyl (C=O) groups is 1. The Labute approximate surface area is 147 Å². The molecule has 8 heteroatoms. The Morgan fingerprint density at radius 2 is 2.38 bits per heavy atom. The maximum atomic E-state index is 12.9. The van der Waals surface area contributed by atoms with Crippen LogP contribution in [-0.2, 0) is 16.0 Å². The van der Waals surface area contributed by atoms with Crippen LogP contribution in [0.4, 0.5) is 0 Å². The van der Waals surface area contributed by atoms with Crippen molar-refractivity contribution in [3.8, 4) is 0 Å². The quantitative estimate of drug-likeness (QED) is 0.715. The number of halogens is 1. The number of morpholine rings is 1. The molecular formula is C16H14ClN3O3S. The first kappa shape index (κ1) is 15.6. The molecule has 2 aromatic heterocycles. The standard InChI is InChI=1S/C16H14ClN3O3S/c17-11-1-2-14-12(6-11)10(8-24-14)5-15(21)20-3-4-22-7-13(20)16-18-9-23-19-16/h1-2,6,8-9,13H,3-5,7H2/t13-/m1/s1. The predicted molar refractivity (Wildman–Crippen MR) is 90.1 cm³/mol. The normalized spacial score (nSPS) is 18.2. The molecule has 3 aromatic rings. The lowest BCUT2D eigenvalue weighted by atomic mass is 10.1. The van der Waals surface area contributed by atoms with Crippen molar-refractivity contribution in [2.24, 2.45) is 0 Å². The Bertz CT molecular complexity index is 865. The number of fused-ring (bicyclic) bond motifs is 1. The highest BCUT2D eigenvalue weighted by Crippen LogP contribution is 2.30. The Balaban J connectivity index is 1.59. The topological polar surface area (TPSA) is 68.5 Å². The SMILES string of the molecule is O=C(Cc1csc2ccc(Cl)cc12)N1CCOC[C@@H]1c1ncon1. The lowest BCUT2D eigenvalue weighted by Gasteiger charge is -2.33. The summed E-state index contributed by atoms with van der Waals surface area (Å²) in [6.07, 6.45) is 1.58. The van der Waals surface area contributed by atoms with Gasteiger partial charge in [0.25, 0.3) is 0 Å². The highest BCUT2D eigenvalue weighted by atomic mass is 35.5. The van der Waals surface area contributed by atoms with Crippen LogP contribution < -0.4 is 0 Å². The fraction of sp³-hybridized carbons (Fsp3) is 0.312. The van der Waals surface area contributed by atoms with E-state index in [9.17, 15) is 4.79 Å². The van der Waals surface area contributed by atoms with Crippen LogP contribution in [0.1, 0.15) is 17.4 Å². The third-order valence-corrected chi connectivity index (χ3v) is 5.33. The van der Waals surface area contributed by atoms with Crippen LogP contribution in [-0.4, -0.2) is 40.7 Å². The second-order valence-electron chi connectivity index (χ2n) is 5.55. The molecule has 0 saturated carbocycles. The van der Waals surface area contributed by atoms with Gasteiger partial charge in [-0.15, -0.1) is 11.3 Å². The smallest absolute Gasteiger partial charge is 0.227 e. The summed E-state index contributed by atoms with van der Waals surface area (Å²) in [6.45, 7) is 1.40. The van der Waals surface area contributed by atoms with Crippen molar-refractivity contribution in [1.29, 1.82) is 0 Å². The van der Waals surface area contributed by atoms with Gasteiger partial charge in [0.1, 0.15) is 6.04 Å². The molecule has 0 aliphatic carbocycles. The Morgan fingerprint density at radius 1 is 1.46 bits per heavy atom. The minimum atomic E-state index is -0.307. The van der Waals surface area contributed by atoms with Gasteiger partial charge in [0.05, 0.1) is 19.6 Å². The molecule has 1 atom stereocenters. The Morgan fingerprint density at radius 3 is 3.21 bits per heavy atom. The molecule has 0 unspecified atom stereocenters. The maximum Gasteiger partial charge on any atom is 0.227 e. The molecule has 6 nitrogen and oxygen atoms in total. The van der Waals surface area contributed by atoms with Crippen molar-refractivity contribution < 1.29 is 14.1 Å². The molecule has 124 valence electrons. The molecule has 0 spiro atoms. The molecule has 0 radical (unpaired) electrons. The number of rotatable bonds is 3. The van der Waals surface area contributed by atoms with Gasteiger partial charge in [-0.1, -0.05) is 16.8 Å². The van der Waals surface area contributed by atoms with Crippen molar-refractivity contribution in [1.82, 2.24) is 15.0 Å². The minimum Gasteiger partial charge on any atom is -0.377 e. The lowest BCUT2D eigenvalue weighted by molar-refractivity contribution is -0.139. The van der Waals surface area contributed by atoms with Gasteiger partial charge in [-0.05, 0) is 34.5 Å².